The van der Waals surface area contributed by atoms with E-state index in [9.17, 15) is 9.18 Å². The maximum absolute atomic E-state index is 13.1. The molecule has 1 atom stereocenters. The molecule has 1 aliphatic heterocycles. The minimum Gasteiger partial charge on any atom is -0.489 e. The summed E-state index contributed by atoms with van der Waals surface area (Å²) in [6.07, 6.45) is 5.14. The third-order valence-corrected chi connectivity index (χ3v) is 6.10. The molecular formula is C27H24FN5O2. The summed E-state index contributed by atoms with van der Waals surface area (Å²) >= 11 is 0. The van der Waals surface area contributed by atoms with Crippen LogP contribution in [0.5, 0.6) is 5.75 Å². The van der Waals surface area contributed by atoms with Crippen molar-refractivity contribution in [1.82, 2.24) is 19.3 Å². The Morgan fingerprint density at radius 2 is 1.97 bits per heavy atom. The van der Waals surface area contributed by atoms with Gasteiger partial charge >= 0.3 is 0 Å². The van der Waals surface area contributed by atoms with E-state index >= 15 is 0 Å². The lowest BCUT2D eigenvalue weighted by Crippen LogP contribution is -2.30. The van der Waals surface area contributed by atoms with Crippen molar-refractivity contribution < 1.29 is 13.9 Å². The number of benzene rings is 2. The maximum atomic E-state index is 13.1. The van der Waals surface area contributed by atoms with Crippen LogP contribution in [0.25, 0.3) is 16.8 Å². The average molecular weight is 470 g/mol. The molecule has 7 nitrogen and oxygen atoms in total. The van der Waals surface area contributed by atoms with E-state index in [1.165, 1.54) is 12.1 Å². The zero-order valence-electron chi connectivity index (χ0n) is 19.2. The molecule has 4 aromatic rings. The van der Waals surface area contributed by atoms with Crippen molar-refractivity contribution in [1.29, 1.82) is 0 Å². The van der Waals surface area contributed by atoms with Crippen LogP contribution in [0.3, 0.4) is 0 Å². The van der Waals surface area contributed by atoms with Gasteiger partial charge in [0, 0.05) is 24.5 Å². The first-order chi connectivity index (χ1) is 17.0. The Kier molecular flexibility index (Phi) is 6.06. The van der Waals surface area contributed by atoms with Gasteiger partial charge in [0.05, 0.1) is 6.04 Å². The number of hydrogen-bond acceptors (Lipinski definition) is 5. The number of fused-ring (bicyclic) bond motifs is 1. The maximum Gasteiger partial charge on any atom is 0.299 e. The fourth-order valence-corrected chi connectivity index (χ4v) is 4.44. The summed E-state index contributed by atoms with van der Waals surface area (Å²) in [5.41, 5.74) is 9.39. The van der Waals surface area contributed by atoms with Crippen molar-refractivity contribution in [2.75, 3.05) is 12.3 Å². The lowest BCUT2D eigenvalue weighted by atomic mass is 10.1. The molecule has 0 bridgehead atoms. The van der Waals surface area contributed by atoms with Crippen LogP contribution in [-0.2, 0) is 11.4 Å². The van der Waals surface area contributed by atoms with Crippen LogP contribution < -0.4 is 10.5 Å². The smallest absolute Gasteiger partial charge is 0.299 e. The number of rotatable bonds is 5. The van der Waals surface area contributed by atoms with E-state index in [4.69, 9.17) is 15.5 Å². The Labute approximate surface area is 202 Å². The molecule has 0 aliphatic carbocycles. The summed E-state index contributed by atoms with van der Waals surface area (Å²) in [5, 5.41) is 0. The summed E-state index contributed by atoms with van der Waals surface area (Å²) in [6, 6.07) is 13.6. The Bertz CT molecular complexity index is 1430. The van der Waals surface area contributed by atoms with Crippen LogP contribution in [0.1, 0.15) is 37.2 Å². The summed E-state index contributed by atoms with van der Waals surface area (Å²) in [7, 11) is 0. The van der Waals surface area contributed by atoms with E-state index in [-0.39, 0.29) is 17.8 Å². The number of amides is 1. The van der Waals surface area contributed by atoms with Crippen LogP contribution >= 0.6 is 0 Å². The molecule has 2 aromatic heterocycles. The first kappa shape index (κ1) is 22.4. The highest BCUT2D eigenvalue weighted by atomic mass is 19.1. The SMILES string of the molecule is CC#CC(=O)N1CCCC1c1nc(-c2ccc(OCc3ccc(F)cc3)cc2)c2c(N)nccn12. The molecule has 2 N–H and O–H groups in total. The Morgan fingerprint density at radius 1 is 1.20 bits per heavy atom. The van der Waals surface area contributed by atoms with Crippen molar-refractivity contribution in [2.45, 2.75) is 32.4 Å². The predicted molar refractivity (Wildman–Crippen MR) is 131 cm³/mol. The minimum atomic E-state index is -0.276. The van der Waals surface area contributed by atoms with Gasteiger partial charge < -0.3 is 15.4 Å². The second-order valence-electron chi connectivity index (χ2n) is 8.32. The molecule has 1 fully saturated rings. The number of carbonyl (C=O) groups excluding carboxylic acids is 1. The number of hydrogen-bond donors (Lipinski definition) is 1. The van der Waals surface area contributed by atoms with Gasteiger partial charge in [-0.15, -0.1) is 0 Å². The van der Waals surface area contributed by atoms with Crippen LogP contribution in [-0.4, -0.2) is 31.7 Å². The highest BCUT2D eigenvalue weighted by Gasteiger charge is 2.33. The standard InChI is InChI=1S/C27H24FN5O2/c1-2-4-23(34)32-15-3-5-22(32)27-31-24(25-26(29)30-14-16-33(25)27)19-8-12-21(13-9-19)35-17-18-6-10-20(28)11-7-18/h6-14,16,22H,3,5,15,17H2,1H3,(H2,29,30). The second-order valence-corrected chi connectivity index (χ2v) is 8.32. The molecule has 35 heavy (non-hydrogen) atoms. The Morgan fingerprint density at radius 3 is 2.71 bits per heavy atom. The minimum absolute atomic E-state index is 0.190. The highest BCUT2D eigenvalue weighted by Crippen LogP contribution is 2.36. The van der Waals surface area contributed by atoms with Gasteiger partial charge in [-0.2, -0.15) is 0 Å². The summed E-state index contributed by atoms with van der Waals surface area (Å²) in [5.74, 6) is 6.65. The van der Waals surface area contributed by atoms with Crippen LogP contribution in [0.2, 0.25) is 0 Å². The van der Waals surface area contributed by atoms with Crippen LogP contribution in [0.15, 0.2) is 60.9 Å². The fraction of sp³-hybridized carbons (Fsp3) is 0.222. The van der Waals surface area contributed by atoms with Crippen LogP contribution in [0.4, 0.5) is 10.2 Å². The number of imidazole rings is 1. The molecule has 1 unspecified atom stereocenters. The predicted octanol–water partition coefficient (Wildman–Crippen LogP) is 4.38. The number of carbonyl (C=O) groups is 1. The van der Waals surface area contributed by atoms with Gasteiger partial charge in [0.2, 0.25) is 0 Å². The zero-order chi connectivity index (χ0) is 24.4. The van der Waals surface area contributed by atoms with E-state index in [0.29, 0.717) is 35.9 Å². The molecule has 0 radical (unpaired) electrons. The van der Waals surface area contributed by atoms with Crippen molar-refractivity contribution in [3.8, 4) is 28.8 Å². The van der Waals surface area contributed by atoms with Gasteiger partial charge in [-0.05, 0) is 67.6 Å². The highest BCUT2D eigenvalue weighted by molar-refractivity contribution is 5.94. The molecule has 8 heteroatoms. The monoisotopic (exact) mass is 469 g/mol. The normalized spacial score (nSPS) is 15.1. The van der Waals surface area contributed by atoms with Crippen molar-refractivity contribution in [2.24, 2.45) is 0 Å². The summed E-state index contributed by atoms with van der Waals surface area (Å²) < 4.78 is 20.9. The lowest BCUT2D eigenvalue weighted by molar-refractivity contribution is -0.126. The van der Waals surface area contributed by atoms with Crippen molar-refractivity contribution in [3.05, 3.63) is 78.1 Å². The molecule has 1 amide bonds. The quantitative estimate of drug-likeness (QED) is 0.439. The molecule has 176 valence electrons. The Hall–Kier alpha value is -4.38. The largest absolute Gasteiger partial charge is 0.489 e. The van der Waals surface area contributed by atoms with E-state index in [0.717, 1.165) is 29.8 Å². The zero-order valence-corrected chi connectivity index (χ0v) is 19.2. The molecule has 1 saturated heterocycles. The average Bonchev–Trinajstić information content (AvgIpc) is 3.50. The second kappa shape index (κ2) is 9.47. The van der Waals surface area contributed by atoms with Gasteiger partial charge in [-0.25, -0.2) is 14.4 Å². The van der Waals surface area contributed by atoms with Gasteiger partial charge in [-0.1, -0.05) is 18.1 Å². The number of aromatic nitrogens is 3. The number of anilines is 1. The topological polar surface area (TPSA) is 85.8 Å². The first-order valence-electron chi connectivity index (χ1n) is 11.4. The van der Waals surface area contributed by atoms with Crippen LogP contribution in [0, 0.1) is 17.7 Å². The first-order valence-corrected chi connectivity index (χ1v) is 11.4. The molecule has 5 rings (SSSR count). The number of halogens is 1. The van der Waals surface area contributed by atoms with E-state index in [1.807, 2.05) is 34.9 Å². The van der Waals surface area contributed by atoms with E-state index in [2.05, 4.69) is 16.8 Å². The van der Waals surface area contributed by atoms with Gasteiger partial charge in [-0.3, -0.25) is 9.20 Å². The number of nitrogens with two attached hydrogens (primary N) is 1. The number of likely N-dealkylation sites (tertiary alicyclic amines) is 1. The lowest BCUT2D eigenvalue weighted by Gasteiger charge is -2.21. The van der Waals surface area contributed by atoms with Gasteiger partial charge in [0.1, 0.15) is 41.0 Å². The molecule has 1 aliphatic rings. The fourth-order valence-electron chi connectivity index (χ4n) is 4.44. The molecular weight excluding hydrogens is 445 g/mol. The van der Waals surface area contributed by atoms with E-state index < -0.39 is 0 Å². The van der Waals surface area contributed by atoms with Gasteiger partial charge in [0.25, 0.3) is 5.91 Å². The molecule has 2 aromatic carbocycles. The number of nitrogens with zero attached hydrogens (tertiary/aromatic N) is 4. The van der Waals surface area contributed by atoms with Gasteiger partial charge in [0.15, 0.2) is 0 Å². The summed E-state index contributed by atoms with van der Waals surface area (Å²) in [4.78, 5) is 23.6. The van der Waals surface area contributed by atoms with E-state index in [1.54, 1.807) is 30.2 Å². The number of ether oxygens (including phenoxy) is 1. The molecule has 3 heterocycles. The number of nitrogen functional groups attached to an aromatic ring is 1. The van der Waals surface area contributed by atoms with Crippen molar-refractivity contribution >= 4 is 17.2 Å². The summed E-state index contributed by atoms with van der Waals surface area (Å²) in [6.45, 7) is 2.63. The third kappa shape index (κ3) is 4.41. The molecule has 0 saturated carbocycles. The molecule has 0 spiro atoms. The third-order valence-electron chi connectivity index (χ3n) is 6.10. The Balaban J connectivity index is 1.46. The van der Waals surface area contributed by atoms with Crippen molar-refractivity contribution in [3.63, 3.8) is 0 Å².